The minimum absolute atomic E-state index is 0.0475. The van der Waals surface area contributed by atoms with E-state index in [1.807, 2.05) is 24.3 Å². The van der Waals surface area contributed by atoms with Gasteiger partial charge >= 0.3 is 5.97 Å². The van der Waals surface area contributed by atoms with Crippen molar-refractivity contribution in [2.45, 2.75) is 129 Å². The third-order valence-corrected chi connectivity index (χ3v) is 8.63. The molecular weight excluding hydrogens is 432 g/mol. The van der Waals surface area contributed by atoms with Gasteiger partial charge in [-0.2, -0.15) is 0 Å². The summed E-state index contributed by atoms with van der Waals surface area (Å²) in [5, 5.41) is 0. The Morgan fingerprint density at radius 3 is 1.83 bits per heavy atom. The molecule has 0 aromatic heterocycles. The molecule has 2 fully saturated rings. The Morgan fingerprint density at radius 2 is 1.20 bits per heavy atom. The standard InChI is InChI=1S/C32H52O3/c1-3-5-6-7-8-11-27-17-19-29(20-18-27)32(33)35-31-23-21-30(22-24-31)34-25-9-12-28-15-13-26(10-4-2)14-16-28/h21-24,26-29H,3-20,25H2,1-2H3/t26-,27-,28-,29-. The topological polar surface area (TPSA) is 35.5 Å². The average molecular weight is 485 g/mol. The molecule has 0 unspecified atom stereocenters. The van der Waals surface area contributed by atoms with Crippen molar-refractivity contribution in [2.24, 2.45) is 23.7 Å². The Morgan fingerprint density at radius 1 is 0.657 bits per heavy atom. The number of carbonyl (C=O) groups excluding carboxylic acids is 1. The molecule has 1 aromatic carbocycles. The summed E-state index contributed by atoms with van der Waals surface area (Å²) in [5.74, 6) is 4.23. The number of carbonyl (C=O) groups is 1. The van der Waals surface area contributed by atoms with Crippen molar-refractivity contribution >= 4 is 5.97 Å². The molecule has 1 aromatic rings. The molecule has 198 valence electrons. The van der Waals surface area contributed by atoms with Gasteiger partial charge in [-0.05, 0) is 80.5 Å². The van der Waals surface area contributed by atoms with Crippen LogP contribution in [0.1, 0.15) is 129 Å². The van der Waals surface area contributed by atoms with Gasteiger partial charge in [0.25, 0.3) is 0 Å². The largest absolute Gasteiger partial charge is 0.494 e. The molecule has 0 spiro atoms. The molecule has 3 heteroatoms. The molecule has 3 rings (SSSR count). The van der Waals surface area contributed by atoms with E-state index in [1.54, 1.807) is 0 Å². The van der Waals surface area contributed by atoms with Crippen molar-refractivity contribution in [1.29, 1.82) is 0 Å². The van der Waals surface area contributed by atoms with Crippen molar-refractivity contribution in [2.75, 3.05) is 6.61 Å². The van der Waals surface area contributed by atoms with Gasteiger partial charge in [-0.1, -0.05) is 90.9 Å². The predicted molar refractivity (Wildman–Crippen MR) is 146 cm³/mol. The van der Waals surface area contributed by atoms with E-state index in [9.17, 15) is 4.79 Å². The first kappa shape index (κ1) is 28.1. The number of unbranched alkanes of at least 4 members (excludes halogenated alkanes) is 4. The number of hydrogen-bond acceptors (Lipinski definition) is 3. The fourth-order valence-electron chi connectivity index (χ4n) is 6.31. The summed E-state index contributed by atoms with van der Waals surface area (Å²) in [5.41, 5.74) is 0. The van der Waals surface area contributed by atoms with Gasteiger partial charge in [0.05, 0.1) is 12.5 Å². The molecule has 0 aliphatic heterocycles. The zero-order valence-corrected chi connectivity index (χ0v) is 22.8. The molecule has 0 bridgehead atoms. The quantitative estimate of drug-likeness (QED) is 0.141. The number of benzene rings is 1. The van der Waals surface area contributed by atoms with Crippen LogP contribution in [0.5, 0.6) is 11.5 Å². The maximum Gasteiger partial charge on any atom is 0.314 e. The summed E-state index contributed by atoms with van der Waals surface area (Å²) >= 11 is 0. The molecule has 0 heterocycles. The van der Waals surface area contributed by atoms with Crippen LogP contribution in [0, 0.1) is 23.7 Å². The fraction of sp³-hybridized carbons (Fsp3) is 0.781. The van der Waals surface area contributed by atoms with Gasteiger partial charge in [-0.3, -0.25) is 4.79 Å². The van der Waals surface area contributed by atoms with Crippen molar-refractivity contribution in [3.05, 3.63) is 24.3 Å². The first-order valence-corrected chi connectivity index (χ1v) is 15.1. The molecule has 0 radical (unpaired) electrons. The lowest BCUT2D eigenvalue weighted by atomic mass is 9.78. The minimum atomic E-state index is -0.0475. The van der Waals surface area contributed by atoms with Crippen molar-refractivity contribution in [1.82, 2.24) is 0 Å². The van der Waals surface area contributed by atoms with Crippen LogP contribution in [0.2, 0.25) is 0 Å². The van der Waals surface area contributed by atoms with E-state index in [2.05, 4.69) is 13.8 Å². The molecule has 2 saturated carbocycles. The van der Waals surface area contributed by atoms with E-state index >= 15 is 0 Å². The highest BCUT2D eigenvalue weighted by Gasteiger charge is 2.27. The van der Waals surface area contributed by atoms with Crippen LogP contribution >= 0.6 is 0 Å². The maximum atomic E-state index is 12.7. The van der Waals surface area contributed by atoms with E-state index in [0.29, 0.717) is 5.75 Å². The highest BCUT2D eigenvalue weighted by molar-refractivity contribution is 5.75. The summed E-state index contributed by atoms with van der Waals surface area (Å²) in [7, 11) is 0. The van der Waals surface area contributed by atoms with Gasteiger partial charge in [0, 0.05) is 0 Å². The lowest BCUT2D eigenvalue weighted by Gasteiger charge is -2.28. The predicted octanol–water partition coefficient (Wildman–Crippen LogP) is 9.52. The highest BCUT2D eigenvalue weighted by Crippen LogP contribution is 2.34. The fourth-order valence-corrected chi connectivity index (χ4v) is 6.31. The Labute approximate surface area is 215 Å². The third kappa shape index (κ3) is 10.6. The van der Waals surface area contributed by atoms with Crippen LogP contribution in [-0.2, 0) is 4.79 Å². The van der Waals surface area contributed by atoms with Crippen LogP contribution < -0.4 is 9.47 Å². The van der Waals surface area contributed by atoms with Crippen LogP contribution in [0.3, 0.4) is 0 Å². The summed E-state index contributed by atoms with van der Waals surface area (Å²) in [6.07, 6.45) is 23.3. The van der Waals surface area contributed by atoms with E-state index in [1.165, 1.54) is 96.3 Å². The van der Waals surface area contributed by atoms with Gasteiger partial charge in [0.15, 0.2) is 0 Å². The second kappa shape index (κ2) is 16.3. The Kier molecular flexibility index (Phi) is 13.1. The smallest absolute Gasteiger partial charge is 0.314 e. The highest BCUT2D eigenvalue weighted by atomic mass is 16.5. The zero-order valence-electron chi connectivity index (χ0n) is 22.8. The lowest BCUT2D eigenvalue weighted by molar-refractivity contribution is -0.140. The van der Waals surface area contributed by atoms with E-state index < -0.39 is 0 Å². The Balaban J connectivity index is 1.26. The monoisotopic (exact) mass is 484 g/mol. The Bertz CT molecular complexity index is 681. The zero-order chi connectivity index (χ0) is 24.7. The summed E-state index contributed by atoms with van der Waals surface area (Å²) in [6, 6.07) is 7.64. The molecule has 0 amide bonds. The molecule has 0 atom stereocenters. The molecule has 0 N–H and O–H groups in total. The van der Waals surface area contributed by atoms with Gasteiger partial charge in [0.2, 0.25) is 0 Å². The number of rotatable bonds is 15. The van der Waals surface area contributed by atoms with Crippen LogP contribution in [0.25, 0.3) is 0 Å². The van der Waals surface area contributed by atoms with Gasteiger partial charge < -0.3 is 9.47 Å². The maximum absolute atomic E-state index is 12.7. The van der Waals surface area contributed by atoms with Gasteiger partial charge in [-0.15, -0.1) is 0 Å². The number of ether oxygens (including phenoxy) is 2. The molecule has 35 heavy (non-hydrogen) atoms. The van der Waals surface area contributed by atoms with Crippen molar-refractivity contribution in [3.8, 4) is 11.5 Å². The van der Waals surface area contributed by atoms with E-state index in [-0.39, 0.29) is 11.9 Å². The van der Waals surface area contributed by atoms with E-state index in [0.717, 1.165) is 49.4 Å². The SMILES string of the molecule is CCCCCCC[C@H]1CC[C@H](C(=O)Oc2ccc(OCCC[C@H]3CC[C@H](CCC)CC3)cc2)CC1. The third-order valence-electron chi connectivity index (χ3n) is 8.63. The first-order valence-electron chi connectivity index (χ1n) is 15.1. The normalized spacial score (nSPS) is 24.7. The summed E-state index contributed by atoms with van der Waals surface area (Å²) < 4.78 is 11.7. The van der Waals surface area contributed by atoms with Gasteiger partial charge in [-0.25, -0.2) is 0 Å². The van der Waals surface area contributed by atoms with Crippen molar-refractivity contribution < 1.29 is 14.3 Å². The van der Waals surface area contributed by atoms with Crippen LogP contribution in [0.15, 0.2) is 24.3 Å². The molecule has 2 aliphatic carbocycles. The van der Waals surface area contributed by atoms with Gasteiger partial charge in [0.1, 0.15) is 11.5 Å². The first-order chi connectivity index (χ1) is 17.2. The van der Waals surface area contributed by atoms with Crippen LogP contribution in [-0.4, -0.2) is 12.6 Å². The molecule has 2 aliphatic rings. The van der Waals surface area contributed by atoms with E-state index in [4.69, 9.17) is 9.47 Å². The summed E-state index contributed by atoms with van der Waals surface area (Å²) in [6.45, 7) is 5.35. The minimum Gasteiger partial charge on any atom is -0.494 e. The lowest BCUT2D eigenvalue weighted by Crippen LogP contribution is -2.25. The second-order valence-electron chi connectivity index (χ2n) is 11.5. The average Bonchev–Trinajstić information content (AvgIpc) is 2.89. The number of esters is 1. The van der Waals surface area contributed by atoms with Crippen molar-refractivity contribution in [3.63, 3.8) is 0 Å². The Hall–Kier alpha value is -1.51. The summed E-state index contributed by atoms with van der Waals surface area (Å²) in [4.78, 5) is 12.7. The second-order valence-corrected chi connectivity index (χ2v) is 11.5. The molecule has 3 nitrogen and oxygen atoms in total. The number of hydrogen-bond donors (Lipinski definition) is 0. The van der Waals surface area contributed by atoms with Crippen LogP contribution in [0.4, 0.5) is 0 Å². The molecular formula is C32H52O3. The molecule has 0 saturated heterocycles.